The number of nitrogens with one attached hydrogen (secondary N) is 1. The first-order valence-corrected chi connectivity index (χ1v) is 5.28. The van der Waals surface area contributed by atoms with Crippen molar-refractivity contribution in [2.24, 2.45) is 0 Å². The van der Waals surface area contributed by atoms with Crippen molar-refractivity contribution in [2.45, 2.75) is 18.4 Å². The first kappa shape index (κ1) is 8.45. The second-order valence-corrected chi connectivity index (χ2v) is 4.36. The van der Waals surface area contributed by atoms with Gasteiger partial charge in [-0.25, -0.2) is 0 Å². The summed E-state index contributed by atoms with van der Waals surface area (Å²) < 4.78 is 5.69. The Bertz CT molecular complexity index is 342. The van der Waals surface area contributed by atoms with Gasteiger partial charge in [-0.3, -0.25) is 0 Å². The number of hydrogen-bond donors (Lipinski definition) is 1. The van der Waals surface area contributed by atoms with Crippen LogP contribution in [0.5, 0.6) is 0 Å². The summed E-state index contributed by atoms with van der Waals surface area (Å²) in [5.74, 6) is 0. The van der Waals surface area contributed by atoms with Crippen LogP contribution < -0.4 is 5.32 Å². The monoisotopic (exact) mass is 189 g/mol. The molecule has 1 spiro atoms. The third-order valence-corrected chi connectivity index (χ3v) is 3.47. The van der Waals surface area contributed by atoms with E-state index in [9.17, 15) is 0 Å². The Balaban J connectivity index is 2.10. The highest BCUT2D eigenvalue weighted by Gasteiger charge is 2.39. The van der Waals surface area contributed by atoms with Crippen LogP contribution in [-0.2, 0) is 16.8 Å². The molecule has 2 heterocycles. The van der Waals surface area contributed by atoms with Gasteiger partial charge in [0.2, 0.25) is 0 Å². The Hall–Kier alpha value is -0.860. The maximum atomic E-state index is 5.69. The summed E-state index contributed by atoms with van der Waals surface area (Å²) >= 11 is 0. The standard InChI is InChI=1S/C12H15NO/c1-2-4-11-10(3-1)7-14-9-12(11)5-6-13-8-12/h1-4,13H,5-9H2. The predicted molar refractivity (Wildman–Crippen MR) is 55.3 cm³/mol. The van der Waals surface area contributed by atoms with Gasteiger partial charge >= 0.3 is 0 Å². The first-order chi connectivity index (χ1) is 6.91. The summed E-state index contributed by atoms with van der Waals surface area (Å²) in [5, 5.41) is 3.44. The number of ether oxygens (including phenoxy) is 1. The Labute approximate surface area is 84.3 Å². The second kappa shape index (κ2) is 3.07. The van der Waals surface area contributed by atoms with Gasteiger partial charge in [0.15, 0.2) is 0 Å². The second-order valence-electron chi connectivity index (χ2n) is 4.36. The zero-order valence-corrected chi connectivity index (χ0v) is 8.25. The van der Waals surface area contributed by atoms with Crippen LogP contribution in [0.25, 0.3) is 0 Å². The molecule has 0 amide bonds. The van der Waals surface area contributed by atoms with E-state index in [1.807, 2.05) is 0 Å². The van der Waals surface area contributed by atoms with Crippen LogP contribution in [0, 0.1) is 0 Å². The summed E-state index contributed by atoms with van der Waals surface area (Å²) in [6.45, 7) is 3.87. The molecule has 2 heteroatoms. The van der Waals surface area contributed by atoms with E-state index in [4.69, 9.17) is 4.74 Å². The van der Waals surface area contributed by atoms with Gasteiger partial charge in [0, 0.05) is 12.0 Å². The van der Waals surface area contributed by atoms with Crippen molar-refractivity contribution in [1.29, 1.82) is 0 Å². The fraction of sp³-hybridized carbons (Fsp3) is 0.500. The van der Waals surface area contributed by atoms with Gasteiger partial charge in [-0.2, -0.15) is 0 Å². The van der Waals surface area contributed by atoms with Crippen molar-refractivity contribution in [2.75, 3.05) is 19.7 Å². The fourth-order valence-corrected chi connectivity index (χ4v) is 2.69. The Morgan fingerprint density at radius 1 is 1.29 bits per heavy atom. The van der Waals surface area contributed by atoms with Crippen LogP contribution >= 0.6 is 0 Å². The number of fused-ring (bicyclic) bond motifs is 2. The van der Waals surface area contributed by atoms with Gasteiger partial charge in [0.05, 0.1) is 13.2 Å². The highest BCUT2D eigenvalue weighted by Crippen LogP contribution is 2.36. The molecule has 2 aliphatic rings. The van der Waals surface area contributed by atoms with E-state index in [1.165, 1.54) is 17.5 Å². The Morgan fingerprint density at radius 3 is 3.07 bits per heavy atom. The topological polar surface area (TPSA) is 21.3 Å². The molecular weight excluding hydrogens is 174 g/mol. The third-order valence-electron chi connectivity index (χ3n) is 3.47. The minimum Gasteiger partial charge on any atom is -0.376 e. The van der Waals surface area contributed by atoms with Crippen molar-refractivity contribution in [3.8, 4) is 0 Å². The van der Waals surface area contributed by atoms with Crippen LogP contribution in [0.2, 0.25) is 0 Å². The van der Waals surface area contributed by atoms with Crippen molar-refractivity contribution in [1.82, 2.24) is 5.32 Å². The molecule has 1 N–H and O–H groups in total. The minimum atomic E-state index is 0.273. The predicted octanol–water partition coefficient (Wildman–Crippen LogP) is 1.45. The number of hydrogen-bond acceptors (Lipinski definition) is 2. The lowest BCUT2D eigenvalue weighted by atomic mass is 9.77. The van der Waals surface area contributed by atoms with Crippen LogP contribution in [0.1, 0.15) is 17.5 Å². The molecule has 74 valence electrons. The van der Waals surface area contributed by atoms with Crippen LogP contribution in [0.4, 0.5) is 0 Å². The molecule has 1 saturated heterocycles. The van der Waals surface area contributed by atoms with E-state index in [0.29, 0.717) is 0 Å². The van der Waals surface area contributed by atoms with Crippen molar-refractivity contribution < 1.29 is 4.74 Å². The maximum absolute atomic E-state index is 5.69. The summed E-state index contributed by atoms with van der Waals surface area (Å²) in [6, 6.07) is 8.70. The minimum absolute atomic E-state index is 0.273. The lowest BCUT2D eigenvalue weighted by Crippen LogP contribution is -2.38. The molecule has 3 rings (SSSR count). The molecule has 1 aromatic carbocycles. The average Bonchev–Trinajstić information content (AvgIpc) is 2.68. The summed E-state index contributed by atoms with van der Waals surface area (Å²) in [6.07, 6.45) is 1.21. The Morgan fingerprint density at radius 2 is 2.21 bits per heavy atom. The average molecular weight is 189 g/mol. The summed E-state index contributed by atoms with van der Waals surface area (Å²) in [5.41, 5.74) is 3.16. The van der Waals surface area contributed by atoms with Gasteiger partial charge in [-0.05, 0) is 24.1 Å². The Kier molecular flexibility index (Phi) is 1.85. The molecule has 1 aromatic rings. The molecule has 14 heavy (non-hydrogen) atoms. The lowest BCUT2D eigenvalue weighted by Gasteiger charge is -2.34. The van der Waals surface area contributed by atoms with E-state index in [-0.39, 0.29) is 5.41 Å². The molecule has 0 bridgehead atoms. The number of rotatable bonds is 0. The van der Waals surface area contributed by atoms with Crippen molar-refractivity contribution in [3.05, 3.63) is 35.4 Å². The highest BCUT2D eigenvalue weighted by atomic mass is 16.5. The van der Waals surface area contributed by atoms with Gasteiger partial charge in [-0.15, -0.1) is 0 Å². The zero-order chi connectivity index (χ0) is 9.43. The molecule has 2 aliphatic heterocycles. The van der Waals surface area contributed by atoms with E-state index >= 15 is 0 Å². The molecule has 0 saturated carbocycles. The van der Waals surface area contributed by atoms with Crippen LogP contribution in [-0.4, -0.2) is 19.7 Å². The number of benzene rings is 1. The van der Waals surface area contributed by atoms with E-state index in [2.05, 4.69) is 29.6 Å². The summed E-state index contributed by atoms with van der Waals surface area (Å²) in [4.78, 5) is 0. The summed E-state index contributed by atoms with van der Waals surface area (Å²) in [7, 11) is 0. The molecular formula is C12H15NO. The molecule has 0 aromatic heterocycles. The van der Waals surface area contributed by atoms with Gasteiger partial charge in [0.1, 0.15) is 0 Å². The van der Waals surface area contributed by atoms with Gasteiger partial charge in [-0.1, -0.05) is 24.3 Å². The van der Waals surface area contributed by atoms with Gasteiger partial charge < -0.3 is 10.1 Å². The van der Waals surface area contributed by atoms with Crippen molar-refractivity contribution in [3.63, 3.8) is 0 Å². The molecule has 0 radical (unpaired) electrons. The smallest absolute Gasteiger partial charge is 0.0720 e. The first-order valence-electron chi connectivity index (χ1n) is 5.28. The molecule has 1 fully saturated rings. The fourth-order valence-electron chi connectivity index (χ4n) is 2.69. The van der Waals surface area contributed by atoms with Crippen LogP contribution in [0.15, 0.2) is 24.3 Å². The highest BCUT2D eigenvalue weighted by molar-refractivity contribution is 5.37. The SMILES string of the molecule is c1ccc2c(c1)COCC21CCNC1. The van der Waals surface area contributed by atoms with E-state index in [0.717, 1.165) is 26.3 Å². The maximum Gasteiger partial charge on any atom is 0.0720 e. The van der Waals surface area contributed by atoms with Crippen molar-refractivity contribution >= 4 is 0 Å². The molecule has 1 atom stereocenters. The third kappa shape index (κ3) is 1.11. The zero-order valence-electron chi connectivity index (χ0n) is 8.25. The van der Waals surface area contributed by atoms with Crippen LogP contribution in [0.3, 0.4) is 0 Å². The van der Waals surface area contributed by atoms with Gasteiger partial charge in [0.25, 0.3) is 0 Å². The normalized spacial score (nSPS) is 30.6. The van der Waals surface area contributed by atoms with E-state index < -0.39 is 0 Å². The largest absolute Gasteiger partial charge is 0.376 e. The lowest BCUT2D eigenvalue weighted by molar-refractivity contribution is 0.0579. The molecule has 0 aliphatic carbocycles. The molecule has 2 nitrogen and oxygen atoms in total. The quantitative estimate of drug-likeness (QED) is 0.667. The van der Waals surface area contributed by atoms with E-state index in [1.54, 1.807) is 0 Å². The molecule has 1 unspecified atom stereocenters.